The summed E-state index contributed by atoms with van der Waals surface area (Å²) in [6.07, 6.45) is -0.432. The van der Waals surface area contributed by atoms with Crippen LogP contribution < -0.4 is 15.4 Å². The molecule has 0 radical (unpaired) electrons. The van der Waals surface area contributed by atoms with E-state index in [2.05, 4.69) is 46.5 Å². The molecule has 0 saturated heterocycles. The lowest BCUT2D eigenvalue weighted by atomic mass is 10.2. The van der Waals surface area contributed by atoms with Crippen LogP contribution in [0.5, 0.6) is 5.75 Å². The molecule has 0 bridgehead atoms. The molecular weight excluding hydrogens is 372 g/mol. The fourth-order valence-corrected chi connectivity index (χ4v) is 2.47. The van der Waals surface area contributed by atoms with E-state index in [0.717, 1.165) is 28.9 Å². The molecule has 1 aromatic carbocycles. The Morgan fingerprint density at radius 1 is 1.25 bits per heavy atom. The standard InChI is InChI=1S/C18H29BrN2O3/c1-13(2)11-20-12-14-8-15(19)10-16(9-14)23-7-6-21-17(22)24-18(3,4)5/h8-10,13,20H,6-7,11-12H2,1-5H3,(H,21,22). The van der Waals surface area contributed by atoms with Crippen molar-refractivity contribution in [1.29, 1.82) is 0 Å². The van der Waals surface area contributed by atoms with Gasteiger partial charge in [-0.15, -0.1) is 0 Å². The second-order valence-electron chi connectivity index (χ2n) is 7.10. The maximum Gasteiger partial charge on any atom is 0.407 e. The molecule has 24 heavy (non-hydrogen) atoms. The molecule has 0 atom stereocenters. The maximum atomic E-state index is 11.5. The third-order valence-electron chi connectivity index (χ3n) is 2.85. The van der Waals surface area contributed by atoms with Gasteiger partial charge in [0.25, 0.3) is 0 Å². The third kappa shape index (κ3) is 9.78. The zero-order chi connectivity index (χ0) is 18.2. The summed E-state index contributed by atoms with van der Waals surface area (Å²) in [6, 6.07) is 5.99. The number of ether oxygens (including phenoxy) is 2. The SMILES string of the molecule is CC(C)CNCc1cc(Br)cc(OCCNC(=O)OC(C)(C)C)c1. The van der Waals surface area contributed by atoms with Crippen LogP contribution in [0.4, 0.5) is 4.79 Å². The smallest absolute Gasteiger partial charge is 0.407 e. The Balaban J connectivity index is 2.39. The van der Waals surface area contributed by atoms with Gasteiger partial charge in [0.2, 0.25) is 0 Å². The molecule has 0 unspecified atom stereocenters. The minimum absolute atomic E-state index is 0.383. The van der Waals surface area contributed by atoms with Crippen LogP contribution in [0, 0.1) is 5.92 Å². The van der Waals surface area contributed by atoms with Gasteiger partial charge in [0.05, 0.1) is 6.54 Å². The normalized spacial score (nSPS) is 11.5. The molecule has 1 aromatic rings. The van der Waals surface area contributed by atoms with E-state index in [1.54, 1.807) is 0 Å². The zero-order valence-corrected chi connectivity index (χ0v) is 16.8. The first kappa shape index (κ1) is 20.8. The van der Waals surface area contributed by atoms with E-state index < -0.39 is 11.7 Å². The molecule has 0 heterocycles. The van der Waals surface area contributed by atoms with Crippen LogP contribution in [0.15, 0.2) is 22.7 Å². The lowest BCUT2D eigenvalue weighted by Crippen LogP contribution is -2.34. The first-order valence-electron chi connectivity index (χ1n) is 8.25. The minimum atomic E-state index is -0.493. The summed E-state index contributed by atoms with van der Waals surface area (Å²) in [5, 5.41) is 6.08. The molecule has 0 spiro atoms. The number of rotatable bonds is 8. The van der Waals surface area contributed by atoms with Crippen LogP contribution in [-0.2, 0) is 11.3 Å². The Labute approximate surface area is 153 Å². The average molecular weight is 401 g/mol. The highest BCUT2D eigenvalue weighted by molar-refractivity contribution is 9.10. The Kier molecular flexibility index (Phi) is 8.56. The van der Waals surface area contributed by atoms with Crippen molar-refractivity contribution in [1.82, 2.24) is 10.6 Å². The highest BCUT2D eigenvalue weighted by Gasteiger charge is 2.15. The van der Waals surface area contributed by atoms with Gasteiger partial charge in [-0.05, 0) is 57.0 Å². The van der Waals surface area contributed by atoms with Crippen molar-refractivity contribution in [3.8, 4) is 5.75 Å². The quantitative estimate of drug-likeness (QED) is 0.644. The number of hydrogen-bond donors (Lipinski definition) is 2. The predicted octanol–water partition coefficient (Wildman–Crippen LogP) is 4.10. The first-order valence-corrected chi connectivity index (χ1v) is 9.05. The summed E-state index contributed by atoms with van der Waals surface area (Å²) in [6.45, 7) is 12.4. The molecule has 0 saturated carbocycles. The molecule has 136 valence electrons. The number of hydrogen-bond acceptors (Lipinski definition) is 4. The van der Waals surface area contributed by atoms with Gasteiger partial charge in [-0.2, -0.15) is 0 Å². The molecule has 0 aliphatic carbocycles. The Morgan fingerprint density at radius 3 is 2.58 bits per heavy atom. The molecule has 5 nitrogen and oxygen atoms in total. The minimum Gasteiger partial charge on any atom is -0.492 e. The summed E-state index contributed by atoms with van der Waals surface area (Å²) in [7, 11) is 0. The fraction of sp³-hybridized carbons (Fsp3) is 0.611. The van der Waals surface area contributed by atoms with Gasteiger partial charge in [0, 0.05) is 11.0 Å². The van der Waals surface area contributed by atoms with Crippen LogP contribution in [0.3, 0.4) is 0 Å². The van der Waals surface area contributed by atoms with Gasteiger partial charge >= 0.3 is 6.09 Å². The Morgan fingerprint density at radius 2 is 1.96 bits per heavy atom. The van der Waals surface area contributed by atoms with Crippen molar-refractivity contribution in [2.75, 3.05) is 19.7 Å². The third-order valence-corrected chi connectivity index (χ3v) is 3.31. The van der Waals surface area contributed by atoms with Crippen LogP contribution in [0.1, 0.15) is 40.2 Å². The topological polar surface area (TPSA) is 59.6 Å². The number of nitrogens with one attached hydrogen (secondary N) is 2. The van der Waals surface area contributed by atoms with Crippen LogP contribution in [0.25, 0.3) is 0 Å². The summed E-state index contributed by atoms with van der Waals surface area (Å²) in [5.41, 5.74) is 0.660. The highest BCUT2D eigenvalue weighted by Crippen LogP contribution is 2.21. The zero-order valence-electron chi connectivity index (χ0n) is 15.2. The number of amides is 1. The average Bonchev–Trinajstić information content (AvgIpc) is 2.41. The molecule has 0 aromatic heterocycles. The van der Waals surface area contributed by atoms with Crippen molar-refractivity contribution in [3.05, 3.63) is 28.2 Å². The summed E-state index contributed by atoms with van der Waals surface area (Å²) >= 11 is 3.50. The van der Waals surface area contributed by atoms with E-state index in [0.29, 0.717) is 19.1 Å². The van der Waals surface area contributed by atoms with Gasteiger partial charge < -0.3 is 20.1 Å². The van der Waals surface area contributed by atoms with E-state index in [4.69, 9.17) is 9.47 Å². The number of carbonyl (C=O) groups excluding carboxylic acids is 1. The molecule has 6 heteroatoms. The van der Waals surface area contributed by atoms with Crippen molar-refractivity contribution in [2.45, 2.75) is 46.8 Å². The molecule has 0 aliphatic rings. The second kappa shape index (κ2) is 9.89. The molecular formula is C18H29BrN2O3. The second-order valence-corrected chi connectivity index (χ2v) is 8.01. The van der Waals surface area contributed by atoms with Crippen molar-refractivity contribution < 1.29 is 14.3 Å². The Bertz CT molecular complexity index is 527. The van der Waals surface area contributed by atoms with E-state index in [1.165, 1.54) is 0 Å². The molecule has 2 N–H and O–H groups in total. The number of alkyl carbamates (subject to hydrolysis) is 1. The number of carbonyl (C=O) groups is 1. The predicted molar refractivity (Wildman–Crippen MR) is 100 cm³/mol. The summed E-state index contributed by atoms with van der Waals surface area (Å²) in [5.74, 6) is 1.39. The van der Waals surface area contributed by atoms with Crippen molar-refractivity contribution in [2.24, 2.45) is 5.92 Å². The van der Waals surface area contributed by atoms with Crippen LogP contribution in [0.2, 0.25) is 0 Å². The highest BCUT2D eigenvalue weighted by atomic mass is 79.9. The van der Waals surface area contributed by atoms with Crippen LogP contribution in [-0.4, -0.2) is 31.4 Å². The van der Waals surface area contributed by atoms with E-state index >= 15 is 0 Å². The van der Waals surface area contributed by atoms with Gasteiger partial charge in [0.1, 0.15) is 18.0 Å². The van der Waals surface area contributed by atoms with E-state index in [-0.39, 0.29) is 0 Å². The van der Waals surface area contributed by atoms with Gasteiger partial charge in [-0.3, -0.25) is 0 Å². The van der Waals surface area contributed by atoms with Crippen molar-refractivity contribution >= 4 is 22.0 Å². The van der Waals surface area contributed by atoms with Crippen LogP contribution >= 0.6 is 15.9 Å². The van der Waals surface area contributed by atoms with Gasteiger partial charge in [0.15, 0.2) is 0 Å². The molecule has 1 amide bonds. The van der Waals surface area contributed by atoms with E-state index in [9.17, 15) is 4.79 Å². The molecule has 0 fully saturated rings. The summed E-state index contributed by atoms with van der Waals surface area (Å²) in [4.78, 5) is 11.5. The number of halogens is 1. The maximum absolute atomic E-state index is 11.5. The molecule has 0 aliphatic heterocycles. The lowest BCUT2D eigenvalue weighted by Gasteiger charge is -2.19. The largest absolute Gasteiger partial charge is 0.492 e. The first-order chi connectivity index (χ1) is 11.2. The fourth-order valence-electron chi connectivity index (χ4n) is 1.95. The van der Waals surface area contributed by atoms with Crippen molar-refractivity contribution in [3.63, 3.8) is 0 Å². The lowest BCUT2D eigenvalue weighted by molar-refractivity contribution is 0.0520. The summed E-state index contributed by atoms with van der Waals surface area (Å²) < 4.78 is 11.9. The van der Waals surface area contributed by atoms with Gasteiger partial charge in [-0.1, -0.05) is 29.8 Å². The Hall–Kier alpha value is -1.27. The monoisotopic (exact) mass is 400 g/mol. The van der Waals surface area contributed by atoms with E-state index in [1.807, 2.05) is 32.9 Å². The number of benzene rings is 1. The molecule has 1 rings (SSSR count). The van der Waals surface area contributed by atoms with Gasteiger partial charge in [-0.25, -0.2) is 4.79 Å².